The summed E-state index contributed by atoms with van der Waals surface area (Å²) in [6.45, 7) is 9.49. The van der Waals surface area contributed by atoms with Crippen LogP contribution < -0.4 is 0 Å². The molecular formula is C26H40N2O2. The maximum atomic E-state index is 13.4. The SMILES string of the molecule is Cc1cc(C)n(CC(=O)C2CCC3C4CC[C@@H]5C[C@H](O)CC[C@]5(C)C4CC[C@]23C)n1. The predicted octanol–water partition coefficient (Wildman–Crippen LogP) is 5.09. The van der Waals surface area contributed by atoms with E-state index in [1.54, 1.807) is 0 Å². The van der Waals surface area contributed by atoms with Crippen LogP contribution in [0.5, 0.6) is 0 Å². The molecule has 4 fully saturated rings. The van der Waals surface area contributed by atoms with Gasteiger partial charge in [0.2, 0.25) is 0 Å². The van der Waals surface area contributed by atoms with Crippen LogP contribution in [0.3, 0.4) is 0 Å². The van der Waals surface area contributed by atoms with Crippen molar-refractivity contribution < 1.29 is 9.90 Å². The number of Topliss-reactive ketones (excluding diaryl/α,β-unsaturated/α-hetero) is 1. The molecule has 1 heterocycles. The summed E-state index contributed by atoms with van der Waals surface area (Å²) in [6.07, 6.45) is 10.5. The van der Waals surface area contributed by atoms with Crippen LogP contribution in [0.1, 0.15) is 83.0 Å². The van der Waals surface area contributed by atoms with E-state index in [1.807, 2.05) is 11.6 Å². The molecule has 5 rings (SSSR count). The number of carbonyl (C=O) groups is 1. The van der Waals surface area contributed by atoms with Gasteiger partial charge in [-0.25, -0.2) is 0 Å². The molecule has 0 bridgehead atoms. The summed E-state index contributed by atoms with van der Waals surface area (Å²) in [5, 5.41) is 14.8. The molecule has 0 amide bonds. The van der Waals surface area contributed by atoms with Gasteiger partial charge in [-0.1, -0.05) is 13.8 Å². The molecule has 4 heteroatoms. The van der Waals surface area contributed by atoms with Gasteiger partial charge < -0.3 is 5.11 Å². The van der Waals surface area contributed by atoms with Crippen LogP contribution in [-0.4, -0.2) is 26.8 Å². The number of rotatable bonds is 3. The molecule has 4 nitrogen and oxygen atoms in total. The molecular weight excluding hydrogens is 372 g/mol. The van der Waals surface area contributed by atoms with E-state index >= 15 is 0 Å². The Morgan fingerprint density at radius 2 is 1.80 bits per heavy atom. The van der Waals surface area contributed by atoms with E-state index in [0.29, 0.717) is 29.6 Å². The average molecular weight is 413 g/mol. The van der Waals surface area contributed by atoms with E-state index < -0.39 is 0 Å². The van der Waals surface area contributed by atoms with Crippen molar-refractivity contribution in [3.05, 3.63) is 17.5 Å². The topological polar surface area (TPSA) is 55.1 Å². The zero-order valence-corrected chi connectivity index (χ0v) is 19.4. The van der Waals surface area contributed by atoms with Crippen molar-refractivity contribution in [3.8, 4) is 0 Å². The molecule has 30 heavy (non-hydrogen) atoms. The van der Waals surface area contributed by atoms with Gasteiger partial charge in [0.15, 0.2) is 5.78 Å². The molecule has 1 aromatic rings. The Hall–Kier alpha value is -1.16. The third-order valence-electron chi connectivity index (χ3n) is 10.4. The van der Waals surface area contributed by atoms with E-state index in [9.17, 15) is 9.90 Å². The van der Waals surface area contributed by atoms with E-state index in [1.165, 1.54) is 38.5 Å². The fourth-order valence-corrected chi connectivity index (χ4v) is 8.86. The summed E-state index contributed by atoms with van der Waals surface area (Å²) in [6, 6.07) is 2.07. The molecule has 0 aromatic carbocycles. The van der Waals surface area contributed by atoms with Gasteiger partial charge in [0.05, 0.1) is 11.8 Å². The standard InChI is InChI=1S/C26H40N2O2/c1-16-13-17(2)28(27-16)15-24(30)23-8-7-21-20-6-5-18-14-19(29)9-11-25(18,3)22(20)10-12-26(21,23)4/h13,18-23,29H,5-12,14-15H2,1-4H3/t18-,19-,20?,21?,22?,23?,25+,26+/m1/s1. The molecule has 0 aliphatic heterocycles. The first-order valence-corrected chi connectivity index (χ1v) is 12.4. The molecule has 4 unspecified atom stereocenters. The lowest BCUT2D eigenvalue weighted by molar-refractivity contribution is -0.140. The number of aryl methyl sites for hydroxylation is 2. The van der Waals surface area contributed by atoms with Gasteiger partial charge in [0.25, 0.3) is 0 Å². The Labute approximate surface area is 181 Å². The quantitative estimate of drug-likeness (QED) is 0.752. The third kappa shape index (κ3) is 3.04. The van der Waals surface area contributed by atoms with Crippen molar-refractivity contribution in [2.45, 2.75) is 98.1 Å². The lowest BCUT2D eigenvalue weighted by atomic mass is 9.44. The van der Waals surface area contributed by atoms with Gasteiger partial charge in [0.1, 0.15) is 6.54 Å². The lowest BCUT2D eigenvalue weighted by Gasteiger charge is -2.60. The van der Waals surface area contributed by atoms with Gasteiger partial charge in [-0.15, -0.1) is 0 Å². The maximum absolute atomic E-state index is 13.4. The van der Waals surface area contributed by atoms with Crippen molar-refractivity contribution in [1.29, 1.82) is 0 Å². The highest BCUT2D eigenvalue weighted by Gasteiger charge is 2.61. The Kier molecular flexibility index (Phi) is 4.96. The second-order valence-corrected chi connectivity index (χ2v) is 11.8. The predicted molar refractivity (Wildman–Crippen MR) is 118 cm³/mol. The minimum Gasteiger partial charge on any atom is -0.393 e. The fraction of sp³-hybridized carbons (Fsp3) is 0.846. The number of hydrogen-bond donors (Lipinski definition) is 1. The molecule has 4 saturated carbocycles. The van der Waals surface area contributed by atoms with Crippen molar-refractivity contribution >= 4 is 5.78 Å². The summed E-state index contributed by atoms with van der Waals surface area (Å²) in [5.74, 6) is 3.60. The maximum Gasteiger partial charge on any atom is 0.157 e. The highest BCUT2D eigenvalue weighted by atomic mass is 16.3. The molecule has 4 aliphatic carbocycles. The van der Waals surface area contributed by atoms with Crippen LogP contribution in [-0.2, 0) is 11.3 Å². The lowest BCUT2D eigenvalue weighted by Crippen LogP contribution is -2.54. The van der Waals surface area contributed by atoms with Crippen molar-refractivity contribution in [1.82, 2.24) is 9.78 Å². The number of carbonyl (C=O) groups excluding carboxylic acids is 1. The van der Waals surface area contributed by atoms with Crippen LogP contribution in [0.4, 0.5) is 0 Å². The second kappa shape index (κ2) is 7.18. The number of aliphatic hydroxyl groups is 1. The number of fused-ring (bicyclic) bond motifs is 5. The van der Waals surface area contributed by atoms with Gasteiger partial charge >= 0.3 is 0 Å². The second-order valence-electron chi connectivity index (χ2n) is 11.8. The summed E-state index contributed by atoms with van der Waals surface area (Å²) >= 11 is 0. The first-order chi connectivity index (χ1) is 14.2. The average Bonchev–Trinajstić information content (AvgIpc) is 3.20. The summed E-state index contributed by atoms with van der Waals surface area (Å²) in [4.78, 5) is 13.4. The summed E-state index contributed by atoms with van der Waals surface area (Å²) < 4.78 is 1.92. The van der Waals surface area contributed by atoms with E-state index in [2.05, 4.69) is 31.9 Å². The van der Waals surface area contributed by atoms with Crippen LogP contribution in [0.25, 0.3) is 0 Å². The monoisotopic (exact) mass is 412 g/mol. The fourth-order valence-electron chi connectivity index (χ4n) is 8.86. The summed E-state index contributed by atoms with van der Waals surface area (Å²) in [7, 11) is 0. The Morgan fingerprint density at radius 3 is 2.53 bits per heavy atom. The zero-order valence-electron chi connectivity index (χ0n) is 19.4. The van der Waals surface area contributed by atoms with E-state index in [0.717, 1.165) is 42.5 Å². The molecule has 1 N–H and O–H groups in total. The Balaban J connectivity index is 1.35. The zero-order chi connectivity index (χ0) is 21.3. The largest absolute Gasteiger partial charge is 0.393 e. The van der Waals surface area contributed by atoms with Crippen molar-refractivity contribution in [2.24, 2.45) is 40.4 Å². The van der Waals surface area contributed by atoms with Crippen LogP contribution in [0, 0.1) is 54.3 Å². The number of aromatic nitrogens is 2. The first-order valence-electron chi connectivity index (χ1n) is 12.4. The van der Waals surface area contributed by atoms with Crippen LogP contribution in [0.15, 0.2) is 6.07 Å². The molecule has 166 valence electrons. The molecule has 0 spiro atoms. The number of ketones is 1. The highest BCUT2D eigenvalue weighted by Crippen LogP contribution is 2.67. The minimum absolute atomic E-state index is 0.0728. The summed E-state index contributed by atoms with van der Waals surface area (Å²) in [5.41, 5.74) is 2.68. The number of aliphatic hydroxyl groups excluding tert-OH is 1. The Bertz CT molecular complexity index is 831. The molecule has 1 aromatic heterocycles. The molecule has 4 aliphatic rings. The smallest absolute Gasteiger partial charge is 0.157 e. The first kappa shape index (κ1) is 20.7. The highest BCUT2D eigenvalue weighted by molar-refractivity contribution is 5.82. The molecule has 0 radical (unpaired) electrons. The molecule has 0 saturated heterocycles. The minimum atomic E-state index is -0.0728. The van der Waals surface area contributed by atoms with Gasteiger partial charge in [-0.05, 0) is 112 Å². The van der Waals surface area contributed by atoms with Crippen LogP contribution in [0.2, 0.25) is 0 Å². The molecule has 8 atom stereocenters. The normalized spacial score (nSPS) is 45.5. The van der Waals surface area contributed by atoms with Crippen molar-refractivity contribution in [3.63, 3.8) is 0 Å². The number of nitrogens with zero attached hydrogens (tertiary/aromatic N) is 2. The van der Waals surface area contributed by atoms with Crippen molar-refractivity contribution in [2.75, 3.05) is 0 Å². The van der Waals surface area contributed by atoms with Gasteiger partial charge in [0, 0.05) is 11.6 Å². The van der Waals surface area contributed by atoms with Crippen LogP contribution >= 0.6 is 0 Å². The Morgan fingerprint density at radius 1 is 1.07 bits per heavy atom. The van der Waals surface area contributed by atoms with Gasteiger partial charge in [-0.3, -0.25) is 9.48 Å². The van der Waals surface area contributed by atoms with E-state index in [4.69, 9.17) is 0 Å². The third-order valence-corrected chi connectivity index (χ3v) is 10.4. The van der Waals surface area contributed by atoms with E-state index in [-0.39, 0.29) is 17.4 Å². The number of hydrogen-bond acceptors (Lipinski definition) is 3. The van der Waals surface area contributed by atoms with Gasteiger partial charge in [-0.2, -0.15) is 5.10 Å².